The molecule has 0 radical (unpaired) electrons. The van der Waals surface area contributed by atoms with E-state index in [0.29, 0.717) is 32.0 Å². The first-order valence-electron chi connectivity index (χ1n) is 13.1. The van der Waals surface area contributed by atoms with Crippen molar-refractivity contribution in [2.45, 2.75) is 64.0 Å². The Morgan fingerprint density at radius 3 is 2.58 bits per heavy atom. The summed E-state index contributed by atoms with van der Waals surface area (Å²) in [5.74, 6) is -0.0850. The number of aromatic nitrogens is 2. The number of rotatable bonds is 9. The second-order valence-electron chi connectivity index (χ2n) is 10.4. The molecule has 1 spiro atoms. The highest BCUT2D eigenvalue weighted by molar-refractivity contribution is 5.92. The van der Waals surface area contributed by atoms with Crippen LogP contribution < -0.4 is 5.32 Å². The fraction of sp³-hybridized carbons (Fsp3) is 0.607. The minimum absolute atomic E-state index is 0.0129. The lowest BCUT2D eigenvalue weighted by atomic mass is 9.71. The highest BCUT2D eigenvalue weighted by Crippen LogP contribution is 2.52. The van der Waals surface area contributed by atoms with Gasteiger partial charge in [0.05, 0.1) is 31.1 Å². The van der Waals surface area contributed by atoms with Crippen LogP contribution in [0.4, 0.5) is 0 Å². The molecule has 1 aromatic heterocycles. The predicted octanol–water partition coefficient (Wildman–Crippen LogP) is 3.41. The van der Waals surface area contributed by atoms with Gasteiger partial charge in [0.2, 0.25) is 5.91 Å². The first-order valence-corrected chi connectivity index (χ1v) is 13.1. The molecule has 1 N–H and O–H groups in total. The summed E-state index contributed by atoms with van der Waals surface area (Å²) in [6, 6.07) is 10.0. The van der Waals surface area contributed by atoms with E-state index in [1.54, 1.807) is 11.8 Å². The lowest BCUT2D eigenvalue weighted by Gasteiger charge is -2.44. The van der Waals surface area contributed by atoms with Crippen LogP contribution in [0, 0.1) is 5.92 Å². The zero-order valence-corrected chi connectivity index (χ0v) is 22.3. The number of likely N-dealkylation sites (tertiary alicyclic amines) is 1. The van der Waals surface area contributed by atoms with Crippen LogP contribution in [0.3, 0.4) is 0 Å². The Morgan fingerprint density at radius 2 is 1.92 bits per heavy atom. The van der Waals surface area contributed by atoms with Crippen molar-refractivity contribution >= 4 is 11.8 Å². The van der Waals surface area contributed by atoms with Crippen molar-refractivity contribution in [3.05, 3.63) is 52.8 Å². The van der Waals surface area contributed by atoms with Crippen molar-refractivity contribution in [1.29, 1.82) is 0 Å². The fourth-order valence-corrected chi connectivity index (χ4v) is 5.77. The van der Waals surface area contributed by atoms with Gasteiger partial charge in [-0.3, -0.25) is 14.3 Å². The lowest BCUT2D eigenvalue weighted by molar-refractivity contribution is -0.127. The Hall–Kier alpha value is -2.71. The second kappa shape index (κ2) is 11.1. The van der Waals surface area contributed by atoms with Crippen LogP contribution in [0.2, 0.25) is 0 Å². The number of hydrogen-bond donors (Lipinski definition) is 1. The van der Waals surface area contributed by atoms with E-state index in [0.717, 1.165) is 36.9 Å². The standard InChI is InChI=1S/C28H40N4O4/c1-6-9-20-18-23(31(4)30-20)27(34)32-14-12-28(13-15-32)22-11-8-7-10-21(22)24(29-26(33)19(2)3)25(28)36-17-16-35-5/h7-8,10-11,18-19,24-25H,6,9,12-17H2,1-5H3,(H,29,33)/t24-,25+/m1/s1. The van der Waals surface area contributed by atoms with E-state index in [9.17, 15) is 9.59 Å². The molecule has 2 aromatic rings. The minimum Gasteiger partial charge on any atom is -0.382 e. The average Bonchev–Trinajstić information content (AvgIpc) is 3.35. The van der Waals surface area contributed by atoms with E-state index in [2.05, 4.69) is 35.5 Å². The maximum Gasteiger partial charge on any atom is 0.272 e. The Morgan fingerprint density at radius 1 is 1.19 bits per heavy atom. The van der Waals surface area contributed by atoms with Crippen molar-refractivity contribution in [2.24, 2.45) is 13.0 Å². The Bertz CT molecular complexity index is 1070. The van der Waals surface area contributed by atoms with Crippen LogP contribution in [0.25, 0.3) is 0 Å². The molecule has 4 rings (SSSR count). The zero-order valence-electron chi connectivity index (χ0n) is 22.3. The molecule has 0 bridgehead atoms. The summed E-state index contributed by atoms with van der Waals surface area (Å²) in [5.41, 5.74) is 3.65. The molecule has 1 aliphatic heterocycles. The third-order valence-electron chi connectivity index (χ3n) is 7.69. The maximum atomic E-state index is 13.4. The number of aryl methyl sites for hydroxylation is 2. The predicted molar refractivity (Wildman–Crippen MR) is 138 cm³/mol. The van der Waals surface area contributed by atoms with E-state index in [1.165, 1.54) is 5.56 Å². The van der Waals surface area contributed by atoms with Gasteiger partial charge in [0.25, 0.3) is 5.91 Å². The molecule has 1 aliphatic carbocycles. The van der Waals surface area contributed by atoms with Gasteiger partial charge >= 0.3 is 0 Å². The van der Waals surface area contributed by atoms with Crippen LogP contribution in [0.5, 0.6) is 0 Å². The summed E-state index contributed by atoms with van der Waals surface area (Å²) in [6.45, 7) is 8.10. The summed E-state index contributed by atoms with van der Waals surface area (Å²) < 4.78 is 13.5. The number of nitrogens with one attached hydrogen (secondary N) is 1. The molecular formula is C28H40N4O4. The normalized spacial score (nSPS) is 20.7. The van der Waals surface area contributed by atoms with E-state index in [4.69, 9.17) is 9.47 Å². The van der Waals surface area contributed by atoms with Gasteiger partial charge in [-0.25, -0.2) is 0 Å². The summed E-state index contributed by atoms with van der Waals surface area (Å²) in [5, 5.41) is 7.79. The van der Waals surface area contributed by atoms with E-state index < -0.39 is 0 Å². The monoisotopic (exact) mass is 496 g/mol. The first-order chi connectivity index (χ1) is 17.3. The van der Waals surface area contributed by atoms with Crippen LogP contribution in [0.1, 0.15) is 73.4 Å². The molecule has 2 atom stereocenters. The molecule has 8 heteroatoms. The summed E-state index contributed by atoms with van der Waals surface area (Å²) in [7, 11) is 3.50. The number of fused-ring (bicyclic) bond motifs is 2. The van der Waals surface area contributed by atoms with Crippen LogP contribution in [-0.2, 0) is 33.2 Å². The Labute approximate surface area is 214 Å². The number of nitrogens with zero attached hydrogens (tertiary/aromatic N) is 3. The van der Waals surface area contributed by atoms with Crippen LogP contribution in [0.15, 0.2) is 30.3 Å². The summed E-state index contributed by atoms with van der Waals surface area (Å²) >= 11 is 0. The van der Waals surface area contributed by atoms with Crippen molar-refractivity contribution in [3.8, 4) is 0 Å². The van der Waals surface area contributed by atoms with Gasteiger partial charge < -0.3 is 19.7 Å². The average molecular weight is 497 g/mol. The number of carbonyl (C=O) groups excluding carboxylic acids is 2. The molecule has 1 aromatic carbocycles. The lowest BCUT2D eigenvalue weighted by Crippen LogP contribution is -2.52. The van der Waals surface area contributed by atoms with Crippen LogP contribution in [-0.4, -0.2) is 66.0 Å². The SMILES string of the molecule is CCCc1cc(C(=O)N2CCC3(CC2)c2ccccc2[C@@H](NC(=O)C(C)C)[C@@H]3OCCOC)n(C)n1. The summed E-state index contributed by atoms with van der Waals surface area (Å²) in [4.78, 5) is 28.1. The molecular weight excluding hydrogens is 456 g/mol. The molecule has 2 amide bonds. The quantitative estimate of drug-likeness (QED) is 0.538. The molecule has 196 valence electrons. The molecule has 2 aliphatic rings. The number of amides is 2. The molecule has 2 heterocycles. The van der Waals surface area contributed by atoms with E-state index in [-0.39, 0.29) is 35.3 Å². The minimum atomic E-state index is -0.282. The topological polar surface area (TPSA) is 85.7 Å². The van der Waals surface area contributed by atoms with Crippen molar-refractivity contribution in [2.75, 3.05) is 33.4 Å². The maximum absolute atomic E-state index is 13.4. The number of ether oxygens (including phenoxy) is 2. The van der Waals surface area contributed by atoms with Gasteiger partial charge in [-0.05, 0) is 36.5 Å². The Kier molecular flexibility index (Phi) is 8.15. The highest BCUT2D eigenvalue weighted by atomic mass is 16.5. The number of carbonyl (C=O) groups is 2. The third kappa shape index (κ3) is 4.93. The fourth-order valence-electron chi connectivity index (χ4n) is 5.77. The zero-order chi connectivity index (χ0) is 25.9. The highest BCUT2D eigenvalue weighted by Gasteiger charge is 2.54. The van der Waals surface area contributed by atoms with E-state index >= 15 is 0 Å². The molecule has 0 saturated carbocycles. The molecule has 1 saturated heterocycles. The molecule has 36 heavy (non-hydrogen) atoms. The second-order valence-corrected chi connectivity index (χ2v) is 10.4. The molecule has 1 fully saturated rings. The molecule has 8 nitrogen and oxygen atoms in total. The largest absolute Gasteiger partial charge is 0.382 e. The number of piperidine rings is 1. The first kappa shape index (κ1) is 26.4. The van der Waals surface area contributed by atoms with Gasteiger partial charge in [0, 0.05) is 38.6 Å². The van der Waals surface area contributed by atoms with Gasteiger partial charge in [-0.2, -0.15) is 5.10 Å². The van der Waals surface area contributed by atoms with Crippen molar-refractivity contribution in [3.63, 3.8) is 0 Å². The van der Waals surface area contributed by atoms with Gasteiger partial charge in [0.15, 0.2) is 0 Å². The third-order valence-corrected chi connectivity index (χ3v) is 7.69. The van der Waals surface area contributed by atoms with E-state index in [1.807, 2.05) is 37.9 Å². The van der Waals surface area contributed by atoms with Crippen LogP contribution >= 0.6 is 0 Å². The Balaban J connectivity index is 1.60. The smallest absolute Gasteiger partial charge is 0.272 e. The summed E-state index contributed by atoms with van der Waals surface area (Å²) in [6.07, 6.45) is 3.17. The van der Waals surface area contributed by atoms with Gasteiger partial charge in [-0.15, -0.1) is 0 Å². The van der Waals surface area contributed by atoms with Crippen molar-refractivity contribution in [1.82, 2.24) is 20.0 Å². The number of benzene rings is 1. The van der Waals surface area contributed by atoms with Gasteiger partial charge in [-0.1, -0.05) is 51.5 Å². The number of hydrogen-bond acceptors (Lipinski definition) is 5. The van der Waals surface area contributed by atoms with Crippen molar-refractivity contribution < 1.29 is 19.1 Å². The molecule has 0 unspecified atom stereocenters. The number of methoxy groups -OCH3 is 1. The van der Waals surface area contributed by atoms with Gasteiger partial charge in [0.1, 0.15) is 5.69 Å².